The molecule has 0 aliphatic carbocycles. The monoisotopic (exact) mass is 342 g/mol. The maximum absolute atomic E-state index is 12.7. The molecule has 1 saturated heterocycles. The van der Waals surface area contributed by atoms with Gasteiger partial charge in [0.1, 0.15) is 0 Å². The number of nitrogens with one attached hydrogen (secondary N) is 1. The molecule has 0 bridgehead atoms. The molecule has 0 spiro atoms. The Labute approximate surface area is 144 Å². The standard InChI is InChI=1S/C17H26N2O3.ClH/c1-4-21-15-7-6-13(12-16(15)22-5-2)17(20)19(3)14-8-10-18-11-9-14;/h6-7,12,14,18H,4-5,8-11H2,1-3H3;1H. The summed E-state index contributed by atoms with van der Waals surface area (Å²) in [6, 6.07) is 5.72. The fourth-order valence-corrected chi connectivity index (χ4v) is 2.75. The Bertz CT molecular complexity index is 505. The quantitative estimate of drug-likeness (QED) is 0.863. The highest BCUT2D eigenvalue weighted by atomic mass is 35.5. The van der Waals surface area contributed by atoms with Crippen LogP contribution in [0.2, 0.25) is 0 Å². The third kappa shape index (κ3) is 5.01. The molecule has 1 heterocycles. The minimum atomic E-state index is 0. The number of ether oxygens (including phenoxy) is 2. The Balaban J connectivity index is 0.00000264. The first-order chi connectivity index (χ1) is 10.7. The van der Waals surface area contributed by atoms with Crippen molar-refractivity contribution < 1.29 is 14.3 Å². The van der Waals surface area contributed by atoms with Gasteiger partial charge in [-0.1, -0.05) is 0 Å². The molecule has 1 aromatic carbocycles. The van der Waals surface area contributed by atoms with E-state index in [1.807, 2.05) is 37.9 Å². The Morgan fingerprint density at radius 1 is 1.17 bits per heavy atom. The van der Waals surface area contributed by atoms with Crippen LogP contribution in [-0.2, 0) is 0 Å². The number of nitrogens with zero attached hydrogens (tertiary/aromatic N) is 1. The van der Waals surface area contributed by atoms with Crippen LogP contribution in [0.5, 0.6) is 11.5 Å². The molecular weight excluding hydrogens is 316 g/mol. The highest BCUT2D eigenvalue weighted by Gasteiger charge is 2.23. The largest absolute Gasteiger partial charge is 0.490 e. The highest BCUT2D eigenvalue weighted by molar-refractivity contribution is 5.95. The summed E-state index contributed by atoms with van der Waals surface area (Å²) in [4.78, 5) is 14.5. The van der Waals surface area contributed by atoms with Gasteiger partial charge < -0.3 is 19.7 Å². The van der Waals surface area contributed by atoms with Crippen molar-refractivity contribution in [2.75, 3.05) is 33.4 Å². The summed E-state index contributed by atoms with van der Waals surface area (Å²) in [7, 11) is 1.88. The number of amides is 1. The van der Waals surface area contributed by atoms with E-state index in [0.29, 0.717) is 36.3 Å². The molecule has 130 valence electrons. The molecule has 1 fully saturated rings. The average Bonchev–Trinajstić information content (AvgIpc) is 2.56. The lowest BCUT2D eigenvalue weighted by atomic mass is 10.0. The van der Waals surface area contributed by atoms with E-state index in [4.69, 9.17) is 9.47 Å². The van der Waals surface area contributed by atoms with Gasteiger partial charge in [-0.05, 0) is 58.0 Å². The number of halogens is 1. The normalized spacial score (nSPS) is 14.7. The SMILES string of the molecule is CCOc1ccc(C(=O)N(C)C2CCNCC2)cc1OCC.Cl. The summed E-state index contributed by atoms with van der Waals surface area (Å²) >= 11 is 0. The summed E-state index contributed by atoms with van der Waals surface area (Å²) < 4.78 is 11.1. The fourth-order valence-electron chi connectivity index (χ4n) is 2.75. The lowest BCUT2D eigenvalue weighted by Gasteiger charge is -2.31. The molecule has 6 heteroatoms. The Kier molecular flexibility index (Phi) is 8.20. The third-order valence-corrected chi connectivity index (χ3v) is 3.97. The van der Waals surface area contributed by atoms with E-state index in [-0.39, 0.29) is 18.3 Å². The van der Waals surface area contributed by atoms with Gasteiger partial charge in [0.25, 0.3) is 5.91 Å². The number of piperidine rings is 1. The van der Waals surface area contributed by atoms with Crippen LogP contribution in [0, 0.1) is 0 Å². The zero-order chi connectivity index (χ0) is 15.9. The van der Waals surface area contributed by atoms with Gasteiger partial charge in [0.2, 0.25) is 0 Å². The number of hydrogen-bond donors (Lipinski definition) is 1. The van der Waals surface area contributed by atoms with Gasteiger partial charge in [0, 0.05) is 18.7 Å². The molecule has 5 nitrogen and oxygen atoms in total. The van der Waals surface area contributed by atoms with Gasteiger partial charge in [-0.2, -0.15) is 0 Å². The van der Waals surface area contributed by atoms with Crippen LogP contribution < -0.4 is 14.8 Å². The van der Waals surface area contributed by atoms with Gasteiger partial charge >= 0.3 is 0 Å². The second-order valence-electron chi connectivity index (χ2n) is 5.42. The van der Waals surface area contributed by atoms with Crippen molar-refractivity contribution in [2.24, 2.45) is 0 Å². The van der Waals surface area contributed by atoms with Crippen LogP contribution in [0.4, 0.5) is 0 Å². The minimum Gasteiger partial charge on any atom is -0.490 e. The van der Waals surface area contributed by atoms with Crippen LogP contribution in [0.1, 0.15) is 37.0 Å². The highest BCUT2D eigenvalue weighted by Crippen LogP contribution is 2.29. The first kappa shape index (κ1) is 19.6. The van der Waals surface area contributed by atoms with Gasteiger partial charge in [-0.25, -0.2) is 0 Å². The predicted molar refractivity (Wildman–Crippen MR) is 94.0 cm³/mol. The molecule has 0 unspecified atom stereocenters. The maximum Gasteiger partial charge on any atom is 0.253 e. The zero-order valence-electron chi connectivity index (χ0n) is 14.1. The average molecular weight is 343 g/mol. The van der Waals surface area contributed by atoms with E-state index in [1.165, 1.54) is 0 Å². The molecular formula is C17H27ClN2O3. The Hall–Kier alpha value is -1.46. The van der Waals surface area contributed by atoms with E-state index < -0.39 is 0 Å². The smallest absolute Gasteiger partial charge is 0.253 e. The lowest BCUT2D eigenvalue weighted by molar-refractivity contribution is 0.0702. The third-order valence-electron chi connectivity index (χ3n) is 3.97. The number of carbonyl (C=O) groups excluding carboxylic acids is 1. The number of benzene rings is 1. The Morgan fingerprint density at radius 3 is 2.39 bits per heavy atom. The molecule has 23 heavy (non-hydrogen) atoms. The van der Waals surface area contributed by atoms with Crippen LogP contribution >= 0.6 is 12.4 Å². The predicted octanol–water partition coefficient (Wildman–Crippen LogP) is 2.73. The van der Waals surface area contributed by atoms with Crippen molar-refractivity contribution in [1.29, 1.82) is 0 Å². The van der Waals surface area contributed by atoms with Crippen molar-refractivity contribution in [2.45, 2.75) is 32.7 Å². The van der Waals surface area contributed by atoms with E-state index >= 15 is 0 Å². The van der Waals surface area contributed by atoms with Crippen molar-refractivity contribution in [1.82, 2.24) is 10.2 Å². The second-order valence-corrected chi connectivity index (χ2v) is 5.42. The summed E-state index contributed by atoms with van der Waals surface area (Å²) in [5.74, 6) is 1.36. The maximum atomic E-state index is 12.7. The molecule has 0 saturated carbocycles. The van der Waals surface area contributed by atoms with Crippen molar-refractivity contribution >= 4 is 18.3 Å². The van der Waals surface area contributed by atoms with Crippen molar-refractivity contribution in [3.8, 4) is 11.5 Å². The fraction of sp³-hybridized carbons (Fsp3) is 0.588. The summed E-state index contributed by atoms with van der Waals surface area (Å²) in [5.41, 5.74) is 0.646. The van der Waals surface area contributed by atoms with Gasteiger partial charge in [-0.3, -0.25) is 4.79 Å². The van der Waals surface area contributed by atoms with Crippen LogP contribution in [0.15, 0.2) is 18.2 Å². The van der Waals surface area contributed by atoms with E-state index in [1.54, 1.807) is 6.07 Å². The molecule has 0 aromatic heterocycles. The lowest BCUT2D eigenvalue weighted by Crippen LogP contribution is -2.43. The van der Waals surface area contributed by atoms with E-state index in [0.717, 1.165) is 25.9 Å². The molecule has 1 amide bonds. The van der Waals surface area contributed by atoms with Crippen molar-refractivity contribution in [3.05, 3.63) is 23.8 Å². The van der Waals surface area contributed by atoms with Gasteiger partial charge in [-0.15, -0.1) is 12.4 Å². The topological polar surface area (TPSA) is 50.8 Å². The van der Waals surface area contributed by atoms with Crippen LogP contribution in [0.25, 0.3) is 0 Å². The van der Waals surface area contributed by atoms with Gasteiger partial charge in [0.15, 0.2) is 11.5 Å². The van der Waals surface area contributed by atoms with Gasteiger partial charge in [0.05, 0.1) is 13.2 Å². The molecule has 2 rings (SSSR count). The van der Waals surface area contributed by atoms with Crippen molar-refractivity contribution in [3.63, 3.8) is 0 Å². The molecule has 0 radical (unpaired) electrons. The molecule has 1 aromatic rings. The van der Waals surface area contributed by atoms with Crippen LogP contribution in [-0.4, -0.2) is 50.2 Å². The van der Waals surface area contributed by atoms with E-state index in [9.17, 15) is 4.79 Å². The zero-order valence-corrected chi connectivity index (χ0v) is 14.9. The number of hydrogen-bond acceptors (Lipinski definition) is 4. The molecule has 1 aliphatic rings. The molecule has 1 aliphatic heterocycles. The summed E-state index contributed by atoms with van der Waals surface area (Å²) in [6.45, 7) is 6.90. The Morgan fingerprint density at radius 2 is 1.78 bits per heavy atom. The van der Waals surface area contributed by atoms with Crippen LogP contribution in [0.3, 0.4) is 0 Å². The number of rotatable bonds is 6. The molecule has 0 atom stereocenters. The minimum absolute atomic E-state index is 0. The first-order valence-electron chi connectivity index (χ1n) is 8.04. The second kappa shape index (κ2) is 9.63. The first-order valence-corrected chi connectivity index (χ1v) is 8.04. The van der Waals surface area contributed by atoms with E-state index in [2.05, 4.69) is 5.32 Å². The summed E-state index contributed by atoms with van der Waals surface area (Å²) in [5, 5.41) is 3.32. The number of carbonyl (C=O) groups is 1. The summed E-state index contributed by atoms with van der Waals surface area (Å²) in [6.07, 6.45) is 2.00. The molecule has 1 N–H and O–H groups in total.